The van der Waals surface area contributed by atoms with Crippen LogP contribution in [0.3, 0.4) is 0 Å². The van der Waals surface area contributed by atoms with Crippen LogP contribution in [0.25, 0.3) is 22.2 Å². The molecule has 4 rings (SSSR count). The predicted molar refractivity (Wildman–Crippen MR) is 136 cm³/mol. The normalized spacial score (nSPS) is 15.7. The monoisotopic (exact) mass is 579 g/mol. The largest absolute Gasteiger partial charge is 0.461 e. The van der Waals surface area contributed by atoms with Gasteiger partial charge in [-0.25, -0.2) is 9.78 Å². The number of benzene rings is 1. The van der Waals surface area contributed by atoms with E-state index in [4.69, 9.17) is 16.3 Å². The van der Waals surface area contributed by atoms with E-state index in [9.17, 15) is 9.59 Å². The predicted octanol–water partition coefficient (Wildman–Crippen LogP) is 5.21. The van der Waals surface area contributed by atoms with Crippen molar-refractivity contribution in [3.05, 3.63) is 52.8 Å². The van der Waals surface area contributed by atoms with Crippen LogP contribution in [-0.2, 0) is 9.53 Å². The Hall–Kier alpha value is -2.22. The van der Waals surface area contributed by atoms with Crippen molar-refractivity contribution in [2.45, 2.75) is 13.3 Å². The third-order valence-electron chi connectivity index (χ3n) is 5.22. The van der Waals surface area contributed by atoms with Gasteiger partial charge in [0, 0.05) is 66.6 Å². The van der Waals surface area contributed by atoms with E-state index in [1.165, 1.54) is 9.12 Å². The molecule has 1 aromatic carbocycles. The lowest BCUT2D eigenvalue weighted by Crippen LogP contribution is -2.21. The minimum atomic E-state index is -0.499. The van der Waals surface area contributed by atoms with Gasteiger partial charge in [0.25, 0.3) is 0 Å². The van der Waals surface area contributed by atoms with E-state index < -0.39 is 5.97 Å². The number of aromatic nitrogens is 2. The van der Waals surface area contributed by atoms with Gasteiger partial charge in [0.1, 0.15) is 5.92 Å². The van der Waals surface area contributed by atoms with Crippen molar-refractivity contribution < 1.29 is 14.3 Å². The second-order valence-corrected chi connectivity index (χ2v) is 9.42. The third-order valence-corrected chi connectivity index (χ3v) is 7.23. The van der Waals surface area contributed by atoms with E-state index >= 15 is 0 Å². The maximum atomic E-state index is 12.7. The van der Waals surface area contributed by atoms with E-state index in [1.54, 1.807) is 29.0 Å². The van der Waals surface area contributed by atoms with Crippen molar-refractivity contribution in [3.8, 4) is 23.1 Å². The van der Waals surface area contributed by atoms with E-state index in [1.807, 2.05) is 30.3 Å². The van der Waals surface area contributed by atoms with Crippen molar-refractivity contribution in [1.82, 2.24) is 13.9 Å². The van der Waals surface area contributed by atoms with Crippen molar-refractivity contribution in [3.63, 3.8) is 0 Å². The summed E-state index contributed by atoms with van der Waals surface area (Å²) < 4.78 is 7.05. The summed E-state index contributed by atoms with van der Waals surface area (Å²) in [7, 11) is 3.19. The van der Waals surface area contributed by atoms with E-state index in [0.717, 1.165) is 29.5 Å². The van der Waals surface area contributed by atoms with Gasteiger partial charge in [-0.3, -0.25) is 8.77 Å². The Labute approximate surface area is 207 Å². The molecule has 9 heteroatoms. The molecule has 0 spiro atoms. The van der Waals surface area contributed by atoms with Crippen LogP contribution in [-0.4, -0.2) is 45.9 Å². The number of hydrogen-bond donors (Lipinski definition) is 0. The van der Waals surface area contributed by atoms with Crippen molar-refractivity contribution in [1.29, 1.82) is 0 Å². The number of amides is 1. The Kier molecular flexibility index (Phi) is 6.98. The fourth-order valence-electron chi connectivity index (χ4n) is 3.61. The van der Waals surface area contributed by atoms with Crippen molar-refractivity contribution in [2.75, 3.05) is 20.2 Å². The molecule has 1 fully saturated rings. The number of nitrogens with zero attached hydrogens (tertiary/aromatic N) is 3. The number of carbonyl (C=O) groups is 2. The lowest BCUT2D eigenvalue weighted by molar-refractivity contribution is -0.128. The minimum Gasteiger partial charge on any atom is -0.461 e. The fourth-order valence-corrected chi connectivity index (χ4v) is 5.24. The van der Waals surface area contributed by atoms with Crippen LogP contribution < -0.4 is 0 Å². The molecule has 0 N–H and O–H groups in total. The lowest BCUT2D eigenvalue weighted by Gasteiger charge is -2.09. The number of halogens is 2. The molecule has 1 atom stereocenters. The highest BCUT2D eigenvalue weighted by atomic mass is 127. The zero-order valence-corrected chi connectivity index (χ0v) is 21.1. The van der Waals surface area contributed by atoms with Gasteiger partial charge in [0.2, 0.25) is 5.91 Å². The minimum absolute atomic E-state index is 0.0622. The number of carbonyl (C=O) groups excluding carboxylic acids is 2. The van der Waals surface area contributed by atoms with Crippen LogP contribution in [0.1, 0.15) is 29.4 Å². The van der Waals surface area contributed by atoms with Crippen LogP contribution in [0, 0.1) is 17.8 Å². The highest BCUT2D eigenvalue weighted by Crippen LogP contribution is 2.35. The first-order valence-electron chi connectivity index (χ1n) is 9.97. The van der Waals surface area contributed by atoms with Crippen molar-refractivity contribution >= 4 is 64.7 Å². The summed E-state index contributed by atoms with van der Waals surface area (Å²) >= 11 is 8.60. The Morgan fingerprint density at radius 3 is 2.91 bits per heavy atom. The number of esters is 1. The van der Waals surface area contributed by atoms with Gasteiger partial charge in [-0.05, 0) is 31.5 Å². The SMILES string of the molecule is CCOC(=O)c1nc(-c2cccc(C#CC3CCN(C)C3=O)c2)cc2c(Cl)cn(SI)c12. The lowest BCUT2D eigenvalue weighted by atomic mass is 10.0. The van der Waals surface area contributed by atoms with Gasteiger partial charge in [0.15, 0.2) is 5.69 Å². The Balaban J connectivity index is 1.77. The third kappa shape index (κ3) is 4.47. The fraction of sp³-hybridized carbons (Fsp3) is 0.261. The summed E-state index contributed by atoms with van der Waals surface area (Å²) in [6.45, 7) is 2.74. The zero-order valence-electron chi connectivity index (χ0n) is 17.4. The van der Waals surface area contributed by atoms with E-state index in [-0.39, 0.29) is 24.1 Å². The summed E-state index contributed by atoms with van der Waals surface area (Å²) in [5, 5.41) is 1.25. The second kappa shape index (κ2) is 9.73. The molecular formula is C23H19ClIN3O3S. The average molecular weight is 580 g/mol. The van der Waals surface area contributed by atoms with Gasteiger partial charge in [-0.15, -0.1) is 0 Å². The average Bonchev–Trinajstić information content (AvgIpc) is 3.30. The molecule has 6 nitrogen and oxygen atoms in total. The quantitative estimate of drug-likeness (QED) is 0.241. The molecular weight excluding hydrogens is 561 g/mol. The molecule has 1 amide bonds. The number of ether oxygens (including phenoxy) is 1. The molecule has 1 unspecified atom stereocenters. The standard InChI is InChI=1S/C23H19ClIN3O3S/c1-3-31-23(30)20-21-17(18(24)13-28(21)32-25)12-19(26-20)16-6-4-5-14(11-16)7-8-15-9-10-27(2)22(15)29/h4-6,11-13,15H,3,9-10H2,1-2H3. The molecule has 3 heterocycles. The molecule has 1 aliphatic heterocycles. The first-order chi connectivity index (χ1) is 15.4. The van der Waals surface area contributed by atoms with Crippen LogP contribution in [0.4, 0.5) is 0 Å². The summed E-state index contributed by atoms with van der Waals surface area (Å²) in [6, 6.07) is 9.44. The van der Waals surface area contributed by atoms with E-state index in [2.05, 4.69) is 38.0 Å². The molecule has 32 heavy (non-hydrogen) atoms. The van der Waals surface area contributed by atoms with Gasteiger partial charge >= 0.3 is 5.97 Å². The highest BCUT2D eigenvalue weighted by Gasteiger charge is 2.27. The maximum Gasteiger partial charge on any atom is 0.359 e. The van der Waals surface area contributed by atoms with E-state index in [0.29, 0.717) is 16.2 Å². The molecule has 1 saturated heterocycles. The molecule has 0 saturated carbocycles. The molecule has 164 valence electrons. The van der Waals surface area contributed by atoms with Gasteiger partial charge in [0.05, 0.1) is 22.8 Å². The van der Waals surface area contributed by atoms with Gasteiger partial charge in [-0.1, -0.05) is 35.6 Å². The molecule has 0 bridgehead atoms. The first-order valence-corrected chi connectivity index (χ1v) is 13.7. The summed E-state index contributed by atoms with van der Waals surface area (Å²) in [6.07, 6.45) is 2.50. The topological polar surface area (TPSA) is 64.4 Å². The summed E-state index contributed by atoms with van der Waals surface area (Å²) in [5.74, 6) is 5.50. The zero-order chi connectivity index (χ0) is 22.8. The molecule has 0 aliphatic carbocycles. The Morgan fingerprint density at radius 2 is 2.22 bits per heavy atom. The first kappa shape index (κ1) is 23.0. The number of hydrogen-bond acceptors (Lipinski definition) is 5. The molecule has 3 aromatic rings. The summed E-state index contributed by atoms with van der Waals surface area (Å²) in [4.78, 5) is 31.1. The Bertz CT molecular complexity index is 1280. The van der Waals surface area contributed by atoms with Crippen molar-refractivity contribution in [2.24, 2.45) is 5.92 Å². The van der Waals surface area contributed by atoms with Crippen LogP contribution in [0.5, 0.6) is 0 Å². The van der Waals surface area contributed by atoms with Crippen LogP contribution in [0.15, 0.2) is 36.5 Å². The molecule has 2 aromatic heterocycles. The maximum absolute atomic E-state index is 12.7. The smallest absolute Gasteiger partial charge is 0.359 e. The number of likely N-dealkylation sites (tertiary alicyclic amines) is 1. The number of rotatable bonds is 4. The summed E-state index contributed by atoms with van der Waals surface area (Å²) in [5.41, 5.74) is 3.00. The highest BCUT2D eigenvalue weighted by molar-refractivity contribution is 14.2. The second-order valence-electron chi connectivity index (χ2n) is 7.30. The van der Waals surface area contributed by atoms with Gasteiger partial charge in [-0.2, -0.15) is 0 Å². The Morgan fingerprint density at radius 1 is 1.41 bits per heavy atom. The molecule has 0 radical (unpaired) electrons. The number of pyridine rings is 1. The van der Waals surface area contributed by atoms with Crippen LogP contribution in [0.2, 0.25) is 5.02 Å². The van der Waals surface area contributed by atoms with Crippen LogP contribution >= 0.6 is 41.9 Å². The van der Waals surface area contributed by atoms with Gasteiger partial charge < -0.3 is 9.64 Å². The molecule has 1 aliphatic rings. The number of fused-ring (bicyclic) bond motifs is 1.